The zero-order chi connectivity index (χ0) is 10.6. The van der Waals surface area contributed by atoms with Crippen molar-refractivity contribution in [1.29, 1.82) is 0 Å². The fourth-order valence-electron chi connectivity index (χ4n) is 0.686. The van der Waals surface area contributed by atoms with E-state index >= 15 is 0 Å². The fraction of sp³-hybridized carbons (Fsp3) is 0.667. The molecule has 0 saturated carbocycles. The molecule has 1 rings (SSSR count). The highest BCUT2D eigenvalue weighted by Crippen LogP contribution is 2.14. The third-order valence-electron chi connectivity index (χ3n) is 1.18. The van der Waals surface area contributed by atoms with E-state index in [1.807, 2.05) is 22.6 Å². The van der Waals surface area contributed by atoms with Gasteiger partial charge in [0.15, 0.2) is 3.01 Å². The van der Waals surface area contributed by atoms with Crippen LogP contribution in [0.2, 0.25) is 0 Å². The topological polar surface area (TPSA) is 35.0 Å². The maximum atomic E-state index is 11.6. The van der Waals surface area contributed by atoms with Crippen molar-refractivity contribution in [2.24, 2.45) is 0 Å². The van der Waals surface area contributed by atoms with Crippen molar-refractivity contribution in [1.82, 2.24) is 9.36 Å². The van der Waals surface area contributed by atoms with E-state index in [0.717, 1.165) is 3.01 Å². The van der Waals surface area contributed by atoms with Crippen molar-refractivity contribution < 1.29 is 17.9 Å². The Morgan fingerprint density at radius 3 is 2.64 bits per heavy atom. The van der Waals surface area contributed by atoms with Gasteiger partial charge in [-0.25, -0.2) is 4.98 Å². The third kappa shape index (κ3) is 5.05. The molecule has 3 nitrogen and oxygen atoms in total. The predicted molar refractivity (Wildman–Crippen MR) is 53.2 cm³/mol. The summed E-state index contributed by atoms with van der Waals surface area (Å²) in [6.07, 6.45) is -3.94. The quantitative estimate of drug-likeness (QED) is 0.624. The van der Waals surface area contributed by atoms with Crippen molar-refractivity contribution in [2.45, 2.75) is 12.6 Å². The average Bonchev–Trinajstić information content (AvgIpc) is 2.44. The third-order valence-corrected chi connectivity index (χ3v) is 2.56. The van der Waals surface area contributed by atoms with Gasteiger partial charge < -0.3 is 4.74 Å². The van der Waals surface area contributed by atoms with Gasteiger partial charge in [0, 0.05) is 6.42 Å². The second kappa shape index (κ2) is 5.21. The number of halogens is 4. The normalized spacial score (nSPS) is 12.0. The van der Waals surface area contributed by atoms with Crippen LogP contribution in [0.3, 0.4) is 0 Å². The van der Waals surface area contributed by atoms with Gasteiger partial charge in [-0.2, -0.15) is 17.5 Å². The van der Waals surface area contributed by atoms with E-state index in [1.165, 1.54) is 11.5 Å². The minimum Gasteiger partial charge on any atom is -0.372 e. The highest BCUT2D eigenvalue weighted by molar-refractivity contribution is 14.1. The lowest BCUT2D eigenvalue weighted by molar-refractivity contribution is -0.173. The molecule has 0 atom stereocenters. The summed E-state index contributed by atoms with van der Waals surface area (Å²) in [5, 5.41) is 0. The monoisotopic (exact) mass is 338 g/mol. The molecule has 14 heavy (non-hydrogen) atoms. The van der Waals surface area contributed by atoms with Crippen LogP contribution in [0.15, 0.2) is 0 Å². The van der Waals surface area contributed by atoms with Crippen molar-refractivity contribution in [2.75, 3.05) is 13.2 Å². The zero-order valence-corrected chi connectivity index (χ0v) is 9.82. The van der Waals surface area contributed by atoms with E-state index in [-0.39, 0.29) is 6.61 Å². The first kappa shape index (κ1) is 12.1. The van der Waals surface area contributed by atoms with Gasteiger partial charge in [-0.1, -0.05) is 0 Å². The number of aromatic nitrogens is 2. The zero-order valence-electron chi connectivity index (χ0n) is 6.84. The van der Waals surface area contributed by atoms with Crippen molar-refractivity contribution in [3.05, 3.63) is 8.84 Å². The number of rotatable bonds is 4. The molecule has 0 bridgehead atoms. The van der Waals surface area contributed by atoms with Gasteiger partial charge in [-0.15, -0.1) is 0 Å². The van der Waals surface area contributed by atoms with Crippen molar-refractivity contribution >= 4 is 34.1 Å². The van der Waals surface area contributed by atoms with E-state index in [4.69, 9.17) is 0 Å². The molecule has 1 aromatic heterocycles. The molecule has 8 heteroatoms. The van der Waals surface area contributed by atoms with Crippen LogP contribution in [0.5, 0.6) is 0 Å². The molecule has 0 aromatic carbocycles. The lowest BCUT2D eigenvalue weighted by Gasteiger charge is -2.05. The van der Waals surface area contributed by atoms with Gasteiger partial charge in [0.05, 0.1) is 6.61 Å². The Morgan fingerprint density at radius 2 is 2.14 bits per heavy atom. The van der Waals surface area contributed by atoms with Gasteiger partial charge in [-0.3, -0.25) is 0 Å². The number of hydrogen-bond donors (Lipinski definition) is 0. The molecule has 1 heterocycles. The van der Waals surface area contributed by atoms with E-state index < -0.39 is 12.8 Å². The standard InChI is InChI=1S/C6H6F3IN2OS/c7-6(8,9)3-13-2-1-4-11-5(10)14-12-4/h1-3H2. The lowest BCUT2D eigenvalue weighted by atomic mass is 10.4. The SMILES string of the molecule is FC(F)(F)COCCc1nsc(I)n1. The lowest BCUT2D eigenvalue weighted by Crippen LogP contribution is -2.18. The number of alkyl halides is 3. The highest BCUT2D eigenvalue weighted by Gasteiger charge is 2.27. The molecule has 1 aromatic rings. The largest absolute Gasteiger partial charge is 0.411 e. The second-order valence-corrected chi connectivity index (χ2v) is 4.89. The summed E-state index contributed by atoms with van der Waals surface area (Å²) in [6, 6.07) is 0. The maximum Gasteiger partial charge on any atom is 0.411 e. The summed E-state index contributed by atoms with van der Waals surface area (Å²) in [6.45, 7) is -1.22. The molecule has 0 unspecified atom stereocenters. The fourth-order valence-corrected chi connectivity index (χ4v) is 1.72. The Balaban J connectivity index is 2.16. The van der Waals surface area contributed by atoms with E-state index in [9.17, 15) is 13.2 Å². The molecule has 80 valence electrons. The van der Waals surface area contributed by atoms with Crippen molar-refractivity contribution in [3.63, 3.8) is 0 Å². The smallest absolute Gasteiger partial charge is 0.372 e. The Labute approximate surface area is 96.0 Å². The molecule has 0 amide bonds. The number of hydrogen-bond acceptors (Lipinski definition) is 4. The summed E-state index contributed by atoms with van der Waals surface area (Å²) >= 11 is 3.21. The second-order valence-electron chi connectivity index (χ2n) is 2.38. The maximum absolute atomic E-state index is 11.6. The molecule has 0 radical (unpaired) electrons. The van der Waals surface area contributed by atoms with Crippen LogP contribution in [-0.4, -0.2) is 28.7 Å². The molecular formula is C6H6F3IN2OS. The number of nitrogens with zero attached hydrogens (tertiary/aromatic N) is 2. The first-order valence-electron chi connectivity index (χ1n) is 3.60. The Morgan fingerprint density at radius 1 is 1.43 bits per heavy atom. The first-order chi connectivity index (χ1) is 6.47. The van der Waals surface area contributed by atoms with Gasteiger partial charge in [0.25, 0.3) is 0 Å². The summed E-state index contributed by atoms with van der Waals surface area (Å²) in [5.41, 5.74) is 0. The van der Waals surface area contributed by atoms with Crippen LogP contribution >= 0.6 is 34.1 Å². The summed E-state index contributed by atoms with van der Waals surface area (Å²) in [5.74, 6) is 0.529. The van der Waals surface area contributed by atoms with Crippen LogP contribution < -0.4 is 0 Å². The Hall–Kier alpha value is 0.0400. The molecule has 0 saturated heterocycles. The van der Waals surface area contributed by atoms with Crippen LogP contribution in [0.1, 0.15) is 5.82 Å². The van der Waals surface area contributed by atoms with E-state index in [1.54, 1.807) is 0 Å². The van der Waals surface area contributed by atoms with Gasteiger partial charge in [-0.05, 0) is 34.1 Å². The molecular weight excluding hydrogens is 332 g/mol. The van der Waals surface area contributed by atoms with Gasteiger partial charge >= 0.3 is 6.18 Å². The van der Waals surface area contributed by atoms with Crippen LogP contribution in [0, 0.1) is 3.01 Å². The highest BCUT2D eigenvalue weighted by atomic mass is 127. The summed E-state index contributed by atoms with van der Waals surface area (Å²) in [4.78, 5) is 3.98. The molecule has 0 aliphatic rings. The predicted octanol–water partition coefficient (Wildman–Crippen LogP) is 2.26. The van der Waals surface area contributed by atoms with Crippen LogP contribution in [0.25, 0.3) is 0 Å². The van der Waals surface area contributed by atoms with E-state index in [0.29, 0.717) is 12.2 Å². The molecule has 0 aliphatic heterocycles. The summed E-state index contributed by atoms with van der Waals surface area (Å²) < 4.78 is 44.0. The van der Waals surface area contributed by atoms with Crippen LogP contribution in [-0.2, 0) is 11.2 Å². The van der Waals surface area contributed by atoms with Crippen LogP contribution in [0.4, 0.5) is 13.2 Å². The van der Waals surface area contributed by atoms with Gasteiger partial charge in [0.2, 0.25) is 0 Å². The Bertz CT molecular complexity index is 291. The molecule has 0 spiro atoms. The van der Waals surface area contributed by atoms with Crippen molar-refractivity contribution in [3.8, 4) is 0 Å². The average molecular weight is 338 g/mol. The Kier molecular flexibility index (Phi) is 4.51. The molecule has 0 fully saturated rings. The number of ether oxygens (including phenoxy) is 1. The minimum atomic E-state index is -4.26. The van der Waals surface area contributed by atoms with E-state index in [2.05, 4.69) is 14.1 Å². The molecule has 0 aliphatic carbocycles. The molecule has 0 N–H and O–H groups in total. The van der Waals surface area contributed by atoms with Gasteiger partial charge in [0.1, 0.15) is 12.4 Å². The minimum absolute atomic E-state index is 0.00762. The summed E-state index contributed by atoms with van der Waals surface area (Å²) in [7, 11) is 0. The first-order valence-corrected chi connectivity index (χ1v) is 5.45.